The number of amides is 1. The van der Waals surface area contributed by atoms with Crippen molar-refractivity contribution in [2.45, 2.75) is 339 Å². The Kier molecular flexibility index (Phi) is 47.1. The zero-order valence-electron chi connectivity index (χ0n) is 46.0. The molecule has 0 saturated carbocycles. The molecule has 9 unspecified atom stereocenters. The average Bonchev–Trinajstić information content (AvgIpc) is 3.37. The molecule has 0 radical (unpaired) electrons. The van der Waals surface area contributed by atoms with Gasteiger partial charge in [-0.1, -0.05) is 256 Å². The molecule has 0 aliphatic carbocycles. The minimum Gasteiger partial charge on any atom is -0.394 e. The monoisotopic (exact) mass is 1010 g/mol. The lowest BCUT2D eigenvalue weighted by Crippen LogP contribution is -2.60. The SMILES string of the molecule is CCCCCCCCCCCCCCCCCCCCCCC/C=C/CC/C=C/CCCC(O)C(O)C(COC1OC(CO)C(O)C(O)C1O)NC(=O)C(O)CCCCCCCCCCCCCCCC. The first-order chi connectivity index (χ1) is 34.7. The van der Waals surface area contributed by atoms with Crippen LogP contribution in [-0.4, -0.2) is 110 Å². The molecule has 11 heteroatoms. The Hall–Kier alpha value is -1.41. The summed E-state index contributed by atoms with van der Waals surface area (Å²) in [7, 11) is 0. The van der Waals surface area contributed by atoms with Crippen molar-refractivity contribution in [2.24, 2.45) is 0 Å². The summed E-state index contributed by atoms with van der Waals surface area (Å²) in [6, 6.07) is -1.19. The Bertz CT molecular complexity index is 1200. The van der Waals surface area contributed by atoms with E-state index in [4.69, 9.17) is 9.47 Å². The molecule has 9 atom stereocenters. The predicted octanol–water partition coefficient (Wildman–Crippen LogP) is 12.9. The van der Waals surface area contributed by atoms with Crippen LogP contribution in [0, 0.1) is 0 Å². The van der Waals surface area contributed by atoms with Gasteiger partial charge in [-0.2, -0.15) is 0 Å². The minimum atomic E-state index is -1.67. The molecule has 71 heavy (non-hydrogen) atoms. The molecule has 0 aromatic carbocycles. The molecule has 0 aromatic rings. The van der Waals surface area contributed by atoms with E-state index in [2.05, 4.69) is 43.5 Å². The second-order valence-electron chi connectivity index (χ2n) is 21.4. The fourth-order valence-electron chi connectivity index (χ4n) is 9.81. The van der Waals surface area contributed by atoms with Gasteiger partial charge in [0.1, 0.15) is 36.6 Å². The van der Waals surface area contributed by atoms with Gasteiger partial charge in [0.05, 0.1) is 25.4 Å². The largest absolute Gasteiger partial charge is 0.394 e. The van der Waals surface area contributed by atoms with Crippen LogP contribution in [0.1, 0.15) is 284 Å². The quantitative estimate of drug-likeness (QED) is 0.0215. The molecule has 1 aliphatic heterocycles. The lowest BCUT2D eigenvalue weighted by molar-refractivity contribution is -0.303. The van der Waals surface area contributed by atoms with Crippen LogP contribution in [0.4, 0.5) is 0 Å². The summed E-state index contributed by atoms with van der Waals surface area (Å²) in [4.78, 5) is 13.1. The van der Waals surface area contributed by atoms with Gasteiger partial charge in [0.2, 0.25) is 5.91 Å². The van der Waals surface area contributed by atoms with Gasteiger partial charge in [0, 0.05) is 0 Å². The number of carbonyl (C=O) groups excluding carboxylic acids is 1. The molecule has 1 aliphatic rings. The number of unbranched alkanes of at least 4 members (excludes halogenated alkanes) is 36. The van der Waals surface area contributed by atoms with Gasteiger partial charge in [0.25, 0.3) is 0 Å². The van der Waals surface area contributed by atoms with E-state index in [-0.39, 0.29) is 12.8 Å². The molecule has 0 spiro atoms. The highest BCUT2D eigenvalue weighted by Crippen LogP contribution is 2.23. The van der Waals surface area contributed by atoms with Crippen molar-refractivity contribution in [1.82, 2.24) is 5.32 Å². The number of hydrogen-bond acceptors (Lipinski definition) is 10. The van der Waals surface area contributed by atoms with Gasteiger partial charge < -0.3 is 50.5 Å². The number of aliphatic hydroxyl groups is 7. The first-order valence-corrected chi connectivity index (χ1v) is 30.2. The van der Waals surface area contributed by atoms with Crippen LogP contribution in [0.15, 0.2) is 24.3 Å². The van der Waals surface area contributed by atoms with Gasteiger partial charge in [0.15, 0.2) is 6.29 Å². The van der Waals surface area contributed by atoms with Gasteiger partial charge >= 0.3 is 0 Å². The highest BCUT2D eigenvalue weighted by molar-refractivity contribution is 5.80. The van der Waals surface area contributed by atoms with E-state index in [1.54, 1.807) is 0 Å². The smallest absolute Gasteiger partial charge is 0.249 e. The van der Waals surface area contributed by atoms with Crippen molar-refractivity contribution < 1.29 is 50.0 Å². The molecule has 0 aromatic heterocycles. The second kappa shape index (κ2) is 49.5. The van der Waals surface area contributed by atoms with Crippen molar-refractivity contribution in [3.63, 3.8) is 0 Å². The van der Waals surface area contributed by atoms with Crippen molar-refractivity contribution in [3.05, 3.63) is 24.3 Å². The molecule has 8 N–H and O–H groups in total. The third kappa shape index (κ3) is 37.9. The summed E-state index contributed by atoms with van der Waals surface area (Å²) >= 11 is 0. The second-order valence-corrected chi connectivity index (χ2v) is 21.4. The molecule has 0 bridgehead atoms. The van der Waals surface area contributed by atoms with Crippen molar-refractivity contribution in [1.29, 1.82) is 0 Å². The van der Waals surface area contributed by atoms with Crippen LogP contribution < -0.4 is 5.32 Å². The topological polar surface area (TPSA) is 189 Å². The third-order valence-electron chi connectivity index (χ3n) is 14.7. The van der Waals surface area contributed by atoms with E-state index in [1.165, 1.54) is 199 Å². The molecule has 11 nitrogen and oxygen atoms in total. The Morgan fingerprint density at radius 2 is 0.845 bits per heavy atom. The number of rotatable bonds is 52. The van der Waals surface area contributed by atoms with Gasteiger partial charge in [-0.15, -0.1) is 0 Å². The fraction of sp³-hybridized carbons (Fsp3) is 0.917. The van der Waals surface area contributed by atoms with Crippen LogP contribution in [0.2, 0.25) is 0 Å². The Morgan fingerprint density at radius 3 is 1.25 bits per heavy atom. The van der Waals surface area contributed by atoms with Crippen molar-refractivity contribution in [2.75, 3.05) is 13.2 Å². The molecule has 1 rings (SSSR count). The standard InChI is InChI=1S/C60H115NO10/c1-3-5-7-9-11-13-15-17-19-20-21-22-23-24-25-26-27-28-29-30-31-32-33-34-36-37-39-41-43-45-47-52(63)55(65)51(50-70-60-58(68)57(67)56(66)54(49-62)71-60)61-59(69)53(64)48-46-44-42-40-38-35-18-16-14-12-10-8-6-4-2/h33-34,39,41,51-58,60,62-68H,3-32,35-38,40,42-50H2,1-2H3,(H,61,69)/b34-33+,41-39+. The molecular weight excluding hydrogens is 895 g/mol. The van der Waals surface area contributed by atoms with Crippen LogP contribution in [0.25, 0.3) is 0 Å². The first kappa shape index (κ1) is 67.6. The van der Waals surface area contributed by atoms with E-state index in [1.807, 2.05) is 0 Å². The van der Waals surface area contributed by atoms with Gasteiger partial charge in [-0.3, -0.25) is 4.79 Å². The number of nitrogens with one attached hydrogen (secondary N) is 1. The van der Waals surface area contributed by atoms with Gasteiger partial charge in [-0.25, -0.2) is 0 Å². The summed E-state index contributed by atoms with van der Waals surface area (Å²) in [6.45, 7) is 3.46. The number of aliphatic hydroxyl groups excluding tert-OH is 7. The number of hydrogen-bond donors (Lipinski definition) is 8. The first-order valence-electron chi connectivity index (χ1n) is 30.2. The van der Waals surface area contributed by atoms with Crippen LogP contribution in [0.3, 0.4) is 0 Å². The van der Waals surface area contributed by atoms with Crippen LogP contribution >= 0.6 is 0 Å². The molecule has 1 saturated heterocycles. The summed E-state index contributed by atoms with van der Waals surface area (Å²) in [5.74, 6) is -0.707. The molecule has 1 amide bonds. The number of ether oxygens (including phenoxy) is 2. The Morgan fingerprint density at radius 1 is 0.479 bits per heavy atom. The predicted molar refractivity (Wildman–Crippen MR) is 293 cm³/mol. The number of carbonyl (C=O) groups is 1. The van der Waals surface area contributed by atoms with E-state index in [0.717, 1.165) is 38.5 Å². The van der Waals surface area contributed by atoms with Crippen molar-refractivity contribution in [3.8, 4) is 0 Å². The molecular formula is C60H115NO10. The fourth-order valence-corrected chi connectivity index (χ4v) is 9.81. The molecule has 1 heterocycles. The summed E-state index contributed by atoms with van der Waals surface area (Å²) < 4.78 is 11.1. The Labute approximate surface area is 435 Å². The van der Waals surface area contributed by atoms with E-state index in [0.29, 0.717) is 19.3 Å². The summed E-state index contributed by atoms with van der Waals surface area (Å²) in [6.07, 6.45) is 48.3. The van der Waals surface area contributed by atoms with Gasteiger partial charge in [-0.05, 0) is 51.4 Å². The maximum absolute atomic E-state index is 13.1. The van der Waals surface area contributed by atoms with Crippen LogP contribution in [0.5, 0.6) is 0 Å². The minimum absolute atomic E-state index is 0.249. The highest BCUT2D eigenvalue weighted by atomic mass is 16.7. The third-order valence-corrected chi connectivity index (χ3v) is 14.7. The maximum Gasteiger partial charge on any atom is 0.249 e. The maximum atomic E-state index is 13.1. The average molecular weight is 1010 g/mol. The summed E-state index contributed by atoms with van der Waals surface area (Å²) in [5.41, 5.74) is 0. The molecule has 420 valence electrons. The van der Waals surface area contributed by atoms with E-state index in [9.17, 15) is 40.5 Å². The number of allylic oxidation sites excluding steroid dienone is 4. The Balaban J connectivity index is 2.26. The highest BCUT2D eigenvalue weighted by Gasteiger charge is 2.44. The zero-order chi connectivity index (χ0) is 51.8. The molecule has 1 fully saturated rings. The normalized spacial score (nSPS) is 20.3. The van der Waals surface area contributed by atoms with Crippen molar-refractivity contribution >= 4 is 5.91 Å². The van der Waals surface area contributed by atoms with Crippen LogP contribution in [-0.2, 0) is 14.3 Å². The summed E-state index contributed by atoms with van der Waals surface area (Å²) in [5, 5.41) is 76.0. The van der Waals surface area contributed by atoms with E-state index < -0.39 is 74.2 Å². The van der Waals surface area contributed by atoms with E-state index >= 15 is 0 Å². The zero-order valence-corrected chi connectivity index (χ0v) is 46.0. The lowest BCUT2D eigenvalue weighted by atomic mass is 9.98. The lowest BCUT2D eigenvalue weighted by Gasteiger charge is -2.40.